The Hall–Kier alpha value is -3.61. The SMILES string of the molecule is CCOc1ccc(N(CC)C(=O)C(=O)c2cn(CC(=O)N(CC)CC)c3ccccc23)cc1. The van der Waals surface area contributed by atoms with E-state index in [-0.39, 0.29) is 12.5 Å². The van der Waals surface area contributed by atoms with Gasteiger partial charge in [0.05, 0.1) is 12.2 Å². The molecule has 7 nitrogen and oxygen atoms in total. The molecule has 3 aromatic rings. The molecule has 0 spiro atoms. The zero-order chi connectivity index (χ0) is 24.0. The Kier molecular flexibility index (Phi) is 7.87. The highest BCUT2D eigenvalue weighted by Gasteiger charge is 2.27. The number of likely N-dealkylation sites (N-methyl/N-ethyl adjacent to an activating group) is 2. The van der Waals surface area contributed by atoms with Crippen LogP contribution >= 0.6 is 0 Å². The third-order valence-electron chi connectivity index (χ3n) is 5.67. The number of ether oxygens (including phenoxy) is 1. The number of amides is 2. The highest BCUT2D eigenvalue weighted by molar-refractivity contribution is 6.48. The van der Waals surface area contributed by atoms with Crippen molar-refractivity contribution in [2.24, 2.45) is 0 Å². The Labute approximate surface area is 194 Å². The molecular formula is C26H31N3O4. The molecule has 2 amide bonds. The van der Waals surface area contributed by atoms with Crippen molar-refractivity contribution in [3.05, 3.63) is 60.3 Å². The summed E-state index contributed by atoms with van der Waals surface area (Å²) in [6, 6.07) is 14.4. The molecule has 7 heteroatoms. The Bertz CT molecular complexity index is 1130. The van der Waals surface area contributed by atoms with E-state index in [1.54, 1.807) is 46.0 Å². The first-order chi connectivity index (χ1) is 15.9. The minimum atomic E-state index is -0.611. The summed E-state index contributed by atoms with van der Waals surface area (Å²) in [7, 11) is 0. The average molecular weight is 450 g/mol. The van der Waals surface area contributed by atoms with E-state index < -0.39 is 11.7 Å². The van der Waals surface area contributed by atoms with E-state index >= 15 is 0 Å². The molecule has 0 radical (unpaired) electrons. The van der Waals surface area contributed by atoms with Crippen molar-refractivity contribution in [1.82, 2.24) is 9.47 Å². The number of carbonyl (C=O) groups excluding carboxylic acids is 3. The maximum absolute atomic E-state index is 13.3. The highest BCUT2D eigenvalue weighted by Crippen LogP contribution is 2.25. The first-order valence-electron chi connectivity index (χ1n) is 11.4. The predicted octanol–water partition coefficient (Wildman–Crippen LogP) is 4.14. The number of hydrogen-bond acceptors (Lipinski definition) is 4. The minimum Gasteiger partial charge on any atom is -0.494 e. The van der Waals surface area contributed by atoms with Crippen molar-refractivity contribution in [2.45, 2.75) is 34.2 Å². The number of rotatable bonds is 10. The van der Waals surface area contributed by atoms with Crippen molar-refractivity contribution < 1.29 is 19.1 Å². The number of carbonyl (C=O) groups is 3. The number of ketones is 1. The second kappa shape index (κ2) is 10.8. The summed E-state index contributed by atoms with van der Waals surface area (Å²) in [5.74, 6) is -0.539. The standard InChI is InChI=1S/C26H31N3O4/c1-5-27(6-2)24(30)18-28-17-22(21-11-9-10-12-23(21)28)25(31)26(32)29(7-3)19-13-15-20(16-14-19)33-8-4/h9-17H,5-8,18H2,1-4H3. The molecule has 0 aliphatic rings. The topological polar surface area (TPSA) is 71.8 Å². The average Bonchev–Trinajstić information content (AvgIpc) is 3.19. The van der Waals surface area contributed by atoms with E-state index in [0.29, 0.717) is 48.6 Å². The third-order valence-corrected chi connectivity index (χ3v) is 5.67. The number of hydrogen-bond donors (Lipinski definition) is 0. The van der Waals surface area contributed by atoms with Crippen molar-refractivity contribution >= 4 is 34.2 Å². The summed E-state index contributed by atoms with van der Waals surface area (Å²) in [6.45, 7) is 9.84. The van der Waals surface area contributed by atoms with E-state index in [0.717, 1.165) is 5.52 Å². The summed E-state index contributed by atoms with van der Waals surface area (Å²) < 4.78 is 7.22. The number of para-hydroxylation sites is 1. The molecule has 0 N–H and O–H groups in total. The molecule has 0 aliphatic heterocycles. The van der Waals surface area contributed by atoms with Gasteiger partial charge in [-0.1, -0.05) is 18.2 Å². The maximum atomic E-state index is 13.3. The Morgan fingerprint density at radius 2 is 1.55 bits per heavy atom. The monoisotopic (exact) mass is 449 g/mol. The smallest absolute Gasteiger partial charge is 0.299 e. The number of nitrogens with zero attached hydrogens (tertiary/aromatic N) is 3. The zero-order valence-corrected chi connectivity index (χ0v) is 19.7. The molecule has 2 aromatic carbocycles. The zero-order valence-electron chi connectivity index (χ0n) is 19.7. The minimum absolute atomic E-state index is 0.0318. The summed E-state index contributed by atoms with van der Waals surface area (Å²) in [4.78, 5) is 42.4. The number of Topliss-reactive ketones (excluding diaryl/α,β-unsaturated/α-hetero) is 1. The molecule has 0 saturated heterocycles. The lowest BCUT2D eigenvalue weighted by atomic mass is 10.1. The molecule has 0 bridgehead atoms. The first-order valence-corrected chi connectivity index (χ1v) is 11.4. The molecule has 0 fully saturated rings. The van der Waals surface area contributed by atoms with E-state index in [2.05, 4.69) is 0 Å². The predicted molar refractivity (Wildman–Crippen MR) is 130 cm³/mol. The summed E-state index contributed by atoms with van der Waals surface area (Å²) in [6.07, 6.45) is 1.62. The number of fused-ring (bicyclic) bond motifs is 1. The van der Waals surface area contributed by atoms with Gasteiger partial charge in [0.15, 0.2) is 0 Å². The van der Waals surface area contributed by atoms with Gasteiger partial charge in [0, 0.05) is 42.4 Å². The van der Waals surface area contributed by atoms with E-state index in [1.807, 2.05) is 45.9 Å². The molecule has 174 valence electrons. The van der Waals surface area contributed by atoms with Gasteiger partial charge in [-0.3, -0.25) is 14.4 Å². The van der Waals surface area contributed by atoms with Crippen LogP contribution in [0.4, 0.5) is 5.69 Å². The normalized spacial score (nSPS) is 10.8. The van der Waals surface area contributed by atoms with Gasteiger partial charge >= 0.3 is 0 Å². The summed E-state index contributed by atoms with van der Waals surface area (Å²) >= 11 is 0. The van der Waals surface area contributed by atoms with Crippen LogP contribution in [0, 0.1) is 0 Å². The molecule has 1 heterocycles. The fraction of sp³-hybridized carbons (Fsp3) is 0.346. The van der Waals surface area contributed by atoms with Crippen molar-refractivity contribution in [3.8, 4) is 5.75 Å². The fourth-order valence-electron chi connectivity index (χ4n) is 3.95. The molecule has 0 atom stereocenters. The maximum Gasteiger partial charge on any atom is 0.299 e. The van der Waals surface area contributed by atoms with Crippen LogP contribution in [0.3, 0.4) is 0 Å². The molecule has 0 saturated carbocycles. The van der Waals surface area contributed by atoms with Crippen LogP contribution < -0.4 is 9.64 Å². The van der Waals surface area contributed by atoms with Crippen LogP contribution in [0.2, 0.25) is 0 Å². The number of anilines is 1. The van der Waals surface area contributed by atoms with Gasteiger partial charge in [-0.2, -0.15) is 0 Å². The second-order valence-corrected chi connectivity index (χ2v) is 7.56. The number of aromatic nitrogens is 1. The van der Waals surface area contributed by atoms with Crippen molar-refractivity contribution in [1.29, 1.82) is 0 Å². The van der Waals surface area contributed by atoms with Crippen LogP contribution in [0.15, 0.2) is 54.7 Å². The van der Waals surface area contributed by atoms with Crippen LogP contribution in [-0.2, 0) is 16.1 Å². The first kappa shape index (κ1) is 24.0. The van der Waals surface area contributed by atoms with Crippen LogP contribution in [-0.4, -0.2) is 53.3 Å². The fourth-order valence-corrected chi connectivity index (χ4v) is 3.95. The summed E-state index contributed by atoms with van der Waals surface area (Å²) in [5, 5.41) is 0.658. The van der Waals surface area contributed by atoms with Gasteiger partial charge in [0.25, 0.3) is 11.7 Å². The van der Waals surface area contributed by atoms with E-state index in [4.69, 9.17) is 4.74 Å². The third kappa shape index (κ3) is 5.08. The molecule has 0 aliphatic carbocycles. The largest absolute Gasteiger partial charge is 0.494 e. The van der Waals surface area contributed by atoms with Crippen LogP contribution in [0.25, 0.3) is 10.9 Å². The molecule has 0 unspecified atom stereocenters. The lowest BCUT2D eigenvalue weighted by Gasteiger charge is -2.20. The lowest BCUT2D eigenvalue weighted by Crippen LogP contribution is -2.36. The molecular weight excluding hydrogens is 418 g/mol. The molecule has 33 heavy (non-hydrogen) atoms. The Balaban J connectivity index is 1.92. The van der Waals surface area contributed by atoms with Crippen molar-refractivity contribution in [3.63, 3.8) is 0 Å². The highest BCUT2D eigenvalue weighted by atomic mass is 16.5. The number of benzene rings is 2. The van der Waals surface area contributed by atoms with E-state index in [9.17, 15) is 14.4 Å². The quantitative estimate of drug-likeness (QED) is 0.344. The Morgan fingerprint density at radius 3 is 2.15 bits per heavy atom. The van der Waals surface area contributed by atoms with Crippen LogP contribution in [0.5, 0.6) is 5.75 Å². The lowest BCUT2D eigenvalue weighted by molar-refractivity contribution is -0.131. The van der Waals surface area contributed by atoms with Gasteiger partial charge < -0.3 is 19.1 Å². The van der Waals surface area contributed by atoms with Gasteiger partial charge in [0.1, 0.15) is 12.3 Å². The Morgan fingerprint density at radius 1 is 0.879 bits per heavy atom. The van der Waals surface area contributed by atoms with Crippen molar-refractivity contribution in [2.75, 3.05) is 31.1 Å². The van der Waals surface area contributed by atoms with Gasteiger partial charge in [0.2, 0.25) is 5.91 Å². The summed E-state index contributed by atoms with van der Waals surface area (Å²) in [5.41, 5.74) is 1.67. The van der Waals surface area contributed by atoms with E-state index in [1.165, 1.54) is 4.90 Å². The van der Waals surface area contributed by atoms with Gasteiger partial charge in [-0.05, 0) is 58.0 Å². The molecule has 1 aromatic heterocycles. The second-order valence-electron chi connectivity index (χ2n) is 7.56. The van der Waals surface area contributed by atoms with Crippen LogP contribution in [0.1, 0.15) is 38.1 Å². The van der Waals surface area contributed by atoms with Gasteiger partial charge in [-0.15, -0.1) is 0 Å². The van der Waals surface area contributed by atoms with Gasteiger partial charge in [-0.25, -0.2) is 0 Å². The molecule has 3 rings (SSSR count).